The monoisotopic (exact) mass is 202 g/mol. The van der Waals surface area contributed by atoms with Gasteiger partial charge in [0.1, 0.15) is 5.82 Å². The third-order valence-corrected chi connectivity index (χ3v) is 2.69. The Balaban J connectivity index is 2.14. The smallest absolute Gasteiger partial charge is 0.231 e. The third-order valence-electron chi connectivity index (χ3n) is 2.69. The lowest BCUT2D eigenvalue weighted by Gasteiger charge is -2.14. The van der Waals surface area contributed by atoms with Crippen molar-refractivity contribution in [2.45, 2.75) is 12.8 Å². The lowest BCUT2D eigenvalue weighted by Crippen LogP contribution is -2.27. The van der Waals surface area contributed by atoms with Gasteiger partial charge in [-0.25, -0.2) is 4.98 Å². The molecule has 0 N–H and O–H groups in total. The summed E-state index contributed by atoms with van der Waals surface area (Å²) in [6.07, 6.45) is 5.19. The molecule has 2 rings (SSSR count). The van der Waals surface area contributed by atoms with Gasteiger partial charge in [0.2, 0.25) is 5.91 Å². The van der Waals surface area contributed by atoms with Gasteiger partial charge in [-0.1, -0.05) is 12.1 Å². The zero-order valence-corrected chi connectivity index (χ0v) is 8.60. The molecule has 0 spiro atoms. The summed E-state index contributed by atoms with van der Waals surface area (Å²) in [6.45, 7) is 4.44. The quantitative estimate of drug-likeness (QED) is 0.702. The second-order valence-corrected chi connectivity index (χ2v) is 3.69. The summed E-state index contributed by atoms with van der Waals surface area (Å²) < 4.78 is 0. The number of hydrogen-bond donors (Lipinski definition) is 0. The Morgan fingerprint density at radius 1 is 1.60 bits per heavy atom. The number of carbonyl (C=O) groups is 1. The maximum atomic E-state index is 11.9. The Labute approximate surface area is 89.4 Å². The summed E-state index contributed by atoms with van der Waals surface area (Å²) in [7, 11) is 0. The van der Waals surface area contributed by atoms with Crippen molar-refractivity contribution < 1.29 is 4.79 Å². The molecule has 2 heterocycles. The highest BCUT2D eigenvalue weighted by atomic mass is 16.2. The normalized spacial score (nSPS) is 20.7. The lowest BCUT2D eigenvalue weighted by molar-refractivity contribution is -0.120. The van der Waals surface area contributed by atoms with E-state index >= 15 is 0 Å². The van der Waals surface area contributed by atoms with Crippen molar-refractivity contribution in [1.29, 1.82) is 0 Å². The highest BCUT2D eigenvalue weighted by Crippen LogP contribution is 2.25. The largest absolute Gasteiger partial charge is 0.297 e. The van der Waals surface area contributed by atoms with Gasteiger partial charge in [-0.05, 0) is 25.0 Å². The van der Waals surface area contributed by atoms with Crippen LogP contribution in [0, 0.1) is 5.92 Å². The highest BCUT2D eigenvalue weighted by molar-refractivity contribution is 5.96. The molecule has 78 valence electrons. The molecule has 1 aliphatic rings. The van der Waals surface area contributed by atoms with Crippen LogP contribution in [0.3, 0.4) is 0 Å². The van der Waals surface area contributed by atoms with Gasteiger partial charge in [0.25, 0.3) is 0 Å². The van der Waals surface area contributed by atoms with Crippen molar-refractivity contribution in [2.75, 3.05) is 11.4 Å². The van der Waals surface area contributed by atoms with E-state index < -0.39 is 0 Å². The van der Waals surface area contributed by atoms with Crippen LogP contribution < -0.4 is 4.90 Å². The van der Waals surface area contributed by atoms with Crippen LogP contribution in [0.15, 0.2) is 37.1 Å². The Kier molecular flexibility index (Phi) is 2.81. The summed E-state index contributed by atoms with van der Waals surface area (Å²) >= 11 is 0. The van der Waals surface area contributed by atoms with Gasteiger partial charge in [0, 0.05) is 18.7 Å². The van der Waals surface area contributed by atoms with Gasteiger partial charge in [-0.3, -0.25) is 9.69 Å². The zero-order valence-electron chi connectivity index (χ0n) is 8.60. The van der Waals surface area contributed by atoms with Crippen LogP contribution in [0.25, 0.3) is 0 Å². The summed E-state index contributed by atoms with van der Waals surface area (Å²) in [6, 6.07) is 5.62. The van der Waals surface area contributed by atoms with Gasteiger partial charge < -0.3 is 0 Å². The van der Waals surface area contributed by atoms with Crippen LogP contribution in [0.1, 0.15) is 12.8 Å². The number of nitrogens with zero attached hydrogens (tertiary/aromatic N) is 2. The molecule has 3 nitrogen and oxygen atoms in total. The Morgan fingerprint density at radius 2 is 2.47 bits per heavy atom. The number of anilines is 1. The molecule has 1 aromatic rings. The molecule has 0 aliphatic carbocycles. The first-order chi connectivity index (χ1) is 7.33. The van der Waals surface area contributed by atoms with E-state index in [1.54, 1.807) is 11.1 Å². The maximum Gasteiger partial charge on any atom is 0.231 e. The average molecular weight is 202 g/mol. The van der Waals surface area contributed by atoms with E-state index in [4.69, 9.17) is 0 Å². The van der Waals surface area contributed by atoms with E-state index in [0.717, 1.165) is 25.2 Å². The van der Waals surface area contributed by atoms with Gasteiger partial charge >= 0.3 is 0 Å². The lowest BCUT2D eigenvalue weighted by atomic mass is 10.0. The molecule has 1 amide bonds. The Hall–Kier alpha value is -1.64. The molecule has 3 heteroatoms. The van der Waals surface area contributed by atoms with E-state index in [1.165, 1.54) is 0 Å². The molecule has 0 radical (unpaired) electrons. The second kappa shape index (κ2) is 4.26. The zero-order chi connectivity index (χ0) is 10.7. The van der Waals surface area contributed by atoms with E-state index in [-0.39, 0.29) is 11.8 Å². The van der Waals surface area contributed by atoms with Crippen LogP contribution in [-0.4, -0.2) is 17.4 Å². The van der Waals surface area contributed by atoms with Crippen molar-refractivity contribution >= 4 is 11.7 Å². The molecule has 0 aromatic carbocycles. The van der Waals surface area contributed by atoms with Crippen LogP contribution in [0.5, 0.6) is 0 Å². The van der Waals surface area contributed by atoms with Gasteiger partial charge in [0.15, 0.2) is 0 Å². The minimum absolute atomic E-state index is 0.101. The van der Waals surface area contributed by atoms with Crippen molar-refractivity contribution in [2.24, 2.45) is 5.92 Å². The van der Waals surface area contributed by atoms with Crippen LogP contribution >= 0.6 is 0 Å². The van der Waals surface area contributed by atoms with E-state index in [9.17, 15) is 4.79 Å². The van der Waals surface area contributed by atoms with Crippen LogP contribution in [0.2, 0.25) is 0 Å². The maximum absolute atomic E-state index is 11.9. The molecule has 15 heavy (non-hydrogen) atoms. The number of carbonyl (C=O) groups excluding carboxylic acids is 1. The molecular formula is C12H14N2O. The number of amides is 1. The minimum Gasteiger partial charge on any atom is -0.297 e. The van der Waals surface area contributed by atoms with E-state index in [2.05, 4.69) is 11.6 Å². The van der Waals surface area contributed by atoms with Crippen molar-refractivity contribution in [3.8, 4) is 0 Å². The molecule has 1 saturated heterocycles. The fourth-order valence-corrected chi connectivity index (χ4v) is 1.90. The summed E-state index contributed by atoms with van der Waals surface area (Å²) in [5, 5.41) is 0. The van der Waals surface area contributed by atoms with Crippen LogP contribution in [0.4, 0.5) is 5.82 Å². The van der Waals surface area contributed by atoms with E-state index in [1.807, 2.05) is 24.3 Å². The molecule has 1 aliphatic heterocycles. The van der Waals surface area contributed by atoms with E-state index in [0.29, 0.717) is 0 Å². The highest BCUT2D eigenvalue weighted by Gasteiger charge is 2.31. The second-order valence-electron chi connectivity index (χ2n) is 3.69. The van der Waals surface area contributed by atoms with Gasteiger partial charge in [0.05, 0.1) is 0 Å². The number of allylic oxidation sites excluding steroid dienone is 1. The molecule has 0 bridgehead atoms. The standard InChI is InChI=1S/C12H14N2O/c1-2-5-10-7-9-14(12(10)15)11-6-3-4-8-13-11/h2-4,6,8,10H,1,5,7,9H2/t10-/m0/s1. The van der Waals surface area contributed by atoms with Crippen LogP contribution in [-0.2, 0) is 4.79 Å². The predicted octanol–water partition coefficient (Wildman–Crippen LogP) is 2.01. The Bertz CT molecular complexity index is 361. The molecule has 1 atom stereocenters. The number of rotatable bonds is 3. The van der Waals surface area contributed by atoms with Gasteiger partial charge in [-0.2, -0.15) is 0 Å². The molecule has 0 saturated carbocycles. The Morgan fingerprint density at radius 3 is 3.13 bits per heavy atom. The third kappa shape index (κ3) is 1.91. The minimum atomic E-state index is 0.101. The first-order valence-corrected chi connectivity index (χ1v) is 5.16. The molecule has 0 unspecified atom stereocenters. The fraction of sp³-hybridized carbons (Fsp3) is 0.333. The van der Waals surface area contributed by atoms with Gasteiger partial charge in [-0.15, -0.1) is 6.58 Å². The summed E-state index contributed by atoms with van der Waals surface area (Å²) in [5.74, 6) is 1.03. The topological polar surface area (TPSA) is 33.2 Å². The van der Waals surface area contributed by atoms with Crippen molar-refractivity contribution in [1.82, 2.24) is 4.98 Å². The molecule has 1 fully saturated rings. The first-order valence-electron chi connectivity index (χ1n) is 5.16. The molecular weight excluding hydrogens is 188 g/mol. The molecule has 1 aromatic heterocycles. The predicted molar refractivity (Wildman–Crippen MR) is 59.5 cm³/mol. The number of hydrogen-bond acceptors (Lipinski definition) is 2. The number of aromatic nitrogens is 1. The first kappa shape index (κ1) is 9.90. The fourth-order valence-electron chi connectivity index (χ4n) is 1.90. The van der Waals surface area contributed by atoms with Crippen molar-refractivity contribution in [3.63, 3.8) is 0 Å². The number of pyridine rings is 1. The average Bonchev–Trinajstić information content (AvgIpc) is 2.63. The van der Waals surface area contributed by atoms with Crippen molar-refractivity contribution in [3.05, 3.63) is 37.1 Å². The SMILES string of the molecule is C=CC[C@H]1CCN(c2ccccn2)C1=O. The summed E-state index contributed by atoms with van der Waals surface area (Å²) in [5.41, 5.74) is 0. The summed E-state index contributed by atoms with van der Waals surface area (Å²) in [4.78, 5) is 17.9.